The molecule has 1 aromatic heterocycles. The summed E-state index contributed by atoms with van der Waals surface area (Å²) in [5.41, 5.74) is 0.461. The van der Waals surface area contributed by atoms with Crippen molar-refractivity contribution in [3.63, 3.8) is 0 Å². The number of benzene rings is 1. The van der Waals surface area contributed by atoms with E-state index in [1.165, 1.54) is 0 Å². The summed E-state index contributed by atoms with van der Waals surface area (Å²) in [5.74, 6) is 0.638. The number of rotatable bonds is 3. The van der Waals surface area contributed by atoms with E-state index in [1.807, 2.05) is 0 Å². The number of hydrogen-bond donors (Lipinski definition) is 1. The van der Waals surface area contributed by atoms with Crippen LogP contribution in [-0.4, -0.2) is 16.1 Å². The van der Waals surface area contributed by atoms with Crippen LogP contribution < -0.4 is 5.32 Å². The first-order valence-electron chi connectivity index (χ1n) is 5.73. The van der Waals surface area contributed by atoms with Crippen LogP contribution in [0.25, 0.3) is 0 Å². The third-order valence-corrected chi connectivity index (χ3v) is 3.98. The highest BCUT2D eigenvalue weighted by molar-refractivity contribution is 9.10. The van der Waals surface area contributed by atoms with Gasteiger partial charge in [0.25, 0.3) is 5.91 Å². The Morgan fingerprint density at radius 1 is 1.42 bits per heavy atom. The fourth-order valence-electron chi connectivity index (χ4n) is 1.59. The van der Waals surface area contributed by atoms with E-state index >= 15 is 0 Å². The van der Waals surface area contributed by atoms with Crippen LogP contribution >= 0.6 is 27.5 Å². The highest BCUT2D eigenvalue weighted by Gasteiger charge is 2.29. The SMILES string of the molecule is O=C(Nc1nnc(C2CC2)o1)c1ccc(Cl)c(Br)c1. The van der Waals surface area contributed by atoms with Gasteiger partial charge in [-0.1, -0.05) is 16.7 Å². The number of nitrogens with one attached hydrogen (secondary N) is 1. The molecular formula is C12H9BrClN3O2. The van der Waals surface area contributed by atoms with E-state index in [1.54, 1.807) is 18.2 Å². The zero-order valence-corrected chi connectivity index (χ0v) is 12.0. The minimum absolute atomic E-state index is 0.123. The number of amides is 1. The number of hydrogen-bond acceptors (Lipinski definition) is 4. The molecule has 1 aliphatic rings. The van der Waals surface area contributed by atoms with Crippen molar-refractivity contribution in [3.05, 3.63) is 39.1 Å². The zero-order valence-electron chi connectivity index (χ0n) is 9.69. The predicted molar refractivity (Wildman–Crippen MR) is 73.4 cm³/mol. The summed E-state index contributed by atoms with van der Waals surface area (Å²) in [6.07, 6.45) is 2.14. The molecule has 7 heteroatoms. The van der Waals surface area contributed by atoms with Crippen LogP contribution in [0.3, 0.4) is 0 Å². The monoisotopic (exact) mass is 341 g/mol. The van der Waals surface area contributed by atoms with Crippen LogP contribution in [0.5, 0.6) is 0 Å². The average molecular weight is 343 g/mol. The molecule has 98 valence electrons. The molecule has 1 aliphatic carbocycles. The lowest BCUT2D eigenvalue weighted by molar-refractivity contribution is 0.102. The number of nitrogens with zero attached hydrogens (tertiary/aromatic N) is 2. The molecule has 1 fully saturated rings. The van der Waals surface area contributed by atoms with E-state index in [9.17, 15) is 4.79 Å². The van der Waals surface area contributed by atoms with Crippen LogP contribution in [0, 0.1) is 0 Å². The lowest BCUT2D eigenvalue weighted by atomic mass is 10.2. The largest absolute Gasteiger partial charge is 0.408 e. The maximum Gasteiger partial charge on any atom is 0.322 e. The molecule has 1 amide bonds. The second-order valence-corrected chi connectivity index (χ2v) is 5.56. The maximum absolute atomic E-state index is 12.0. The topological polar surface area (TPSA) is 68.0 Å². The molecule has 1 saturated carbocycles. The fraction of sp³-hybridized carbons (Fsp3) is 0.250. The van der Waals surface area contributed by atoms with Gasteiger partial charge in [0, 0.05) is 16.0 Å². The molecule has 2 aromatic rings. The van der Waals surface area contributed by atoms with Gasteiger partial charge in [0.2, 0.25) is 5.89 Å². The van der Waals surface area contributed by atoms with Gasteiger partial charge in [0.15, 0.2) is 0 Å². The Morgan fingerprint density at radius 3 is 2.89 bits per heavy atom. The first-order valence-corrected chi connectivity index (χ1v) is 6.90. The molecule has 1 heterocycles. The molecule has 0 aliphatic heterocycles. The summed E-state index contributed by atoms with van der Waals surface area (Å²) >= 11 is 9.14. The molecule has 0 spiro atoms. The second-order valence-electron chi connectivity index (χ2n) is 4.30. The van der Waals surface area contributed by atoms with E-state index in [4.69, 9.17) is 16.0 Å². The van der Waals surface area contributed by atoms with Crippen molar-refractivity contribution in [2.75, 3.05) is 5.32 Å². The van der Waals surface area contributed by atoms with Crippen LogP contribution in [-0.2, 0) is 0 Å². The predicted octanol–water partition coefficient (Wildman–Crippen LogP) is 3.62. The van der Waals surface area contributed by atoms with Gasteiger partial charge < -0.3 is 4.42 Å². The lowest BCUT2D eigenvalue weighted by Crippen LogP contribution is -2.12. The van der Waals surface area contributed by atoms with Gasteiger partial charge in [0.1, 0.15) is 0 Å². The summed E-state index contributed by atoms with van der Waals surface area (Å²) in [4.78, 5) is 12.0. The van der Waals surface area contributed by atoms with Crippen molar-refractivity contribution in [1.82, 2.24) is 10.2 Å². The number of aromatic nitrogens is 2. The Balaban J connectivity index is 1.74. The Labute approximate surface area is 122 Å². The molecule has 0 unspecified atom stereocenters. The Hall–Kier alpha value is -1.40. The minimum atomic E-state index is -0.316. The molecule has 0 bridgehead atoms. The standard InChI is InChI=1S/C12H9BrClN3O2/c13-8-5-7(3-4-9(8)14)10(18)15-12-17-16-11(19-12)6-1-2-6/h3-6H,1-2H2,(H,15,17,18). The highest BCUT2D eigenvalue weighted by Crippen LogP contribution is 2.39. The number of halogens is 2. The average Bonchev–Trinajstić information content (AvgIpc) is 3.14. The summed E-state index contributed by atoms with van der Waals surface area (Å²) in [7, 11) is 0. The van der Waals surface area contributed by atoms with Gasteiger partial charge >= 0.3 is 6.01 Å². The first kappa shape index (κ1) is 12.6. The maximum atomic E-state index is 12.0. The first-order chi connectivity index (χ1) is 9.13. The summed E-state index contributed by atoms with van der Waals surface area (Å²) in [6, 6.07) is 5.03. The smallest absolute Gasteiger partial charge is 0.322 e. The lowest BCUT2D eigenvalue weighted by Gasteiger charge is -2.02. The van der Waals surface area contributed by atoms with Crippen molar-refractivity contribution >= 4 is 39.5 Å². The van der Waals surface area contributed by atoms with Gasteiger partial charge in [-0.2, -0.15) is 0 Å². The van der Waals surface area contributed by atoms with Gasteiger partial charge in [-0.25, -0.2) is 0 Å². The van der Waals surface area contributed by atoms with E-state index < -0.39 is 0 Å². The number of carbonyl (C=O) groups excluding carboxylic acids is 1. The Morgan fingerprint density at radius 2 is 2.21 bits per heavy atom. The Bertz CT molecular complexity index is 640. The summed E-state index contributed by atoms with van der Waals surface area (Å²) in [5, 5.41) is 10.8. The Kier molecular flexibility index (Phi) is 3.28. The molecule has 19 heavy (non-hydrogen) atoms. The van der Waals surface area contributed by atoms with E-state index in [2.05, 4.69) is 31.4 Å². The molecule has 0 atom stereocenters. The van der Waals surface area contributed by atoms with Gasteiger partial charge in [-0.15, -0.1) is 5.10 Å². The van der Waals surface area contributed by atoms with Crippen LogP contribution in [0.2, 0.25) is 5.02 Å². The second kappa shape index (κ2) is 4.94. The van der Waals surface area contributed by atoms with Gasteiger partial charge in [0.05, 0.1) is 5.02 Å². The van der Waals surface area contributed by atoms with Crippen LogP contribution in [0.15, 0.2) is 27.1 Å². The molecular weight excluding hydrogens is 334 g/mol. The third kappa shape index (κ3) is 2.79. The molecule has 0 radical (unpaired) electrons. The summed E-state index contributed by atoms with van der Waals surface area (Å²) in [6.45, 7) is 0. The van der Waals surface area contributed by atoms with Crippen molar-refractivity contribution in [2.24, 2.45) is 0 Å². The summed E-state index contributed by atoms with van der Waals surface area (Å²) < 4.78 is 6.02. The molecule has 5 nitrogen and oxygen atoms in total. The van der Waals surface area contributed by atoms with Crippen molar-refractivity contribution in [1.29, 1.82) is 0 Å². The van der Waals surface area contributed by atoms with Crippen molar-refractivity contribution < 1.29 is 9.21 Å². The fourth-order valence-corrected chi connectivity index (χ4v) is 2.08. The van der Waals surface area contributed by atoms with Crippen molar-refractivity contribution in [3.8, 4) is 0 Å². The highest BCUT2D eigenvalue weighted by atomic mass is 79.9. The normalized spacial score (nSPS) is 14.4. The van der Waals surface area contributed by atoms with E-state index in [0.29, 0.717) is 26.9 Å². The van der Waals surface area contributed by atoms with E-state index in [-0.39, 0.29) is 11.9 Å². The third-order valence-electron chi connectivity index (χ3n) is 2.77. The quantitative estimate of drug-likeness (QED) is 0.925. The van der Waals surface area contributed by atoms with E-state index in [0.717, 1.165) is 12.8 Å². The zero-order chi connectivity index (χ0) is 13.4. The van der Waals surface area contributed by atoms with Crippen LogP contribution in [0.4, 0.5) is 6.01 Å². The van der Waals surface area contributed by atoms with Gasteiger partial charge in [-0.05, 0) is 47.0 Å². The van der Waals surface area contributed by atoms with Crippen LogP contribution in [0.1, 0.15) is 35.0 Å². The molecule has 1 N–H and O–H groups in total. The number of carbonyl (C=O) groups is 1. The van der Waals surface area contributed by atoms with Gasteiger partial charge in [-0.3, -0.25) is 10.1 Å². The minimum Gasteiger partial charge on any atom is -0.408 e. The molecule has 0 saturated heterocycles. The molecule has 1 aromatic carbocycles. The molecule has 3 rings (SSSR count). The number of anilines is 1. The van der Waals surface area contributed by atoms with Crippen molar-refractivity contribution in [2.45, 2.75) is 18.8 Å².